The molecule has 2 heterocycles. The molecule has 5 heteroatoms. The number of halogens is 1. The Bertz CT molecular complexity index is 467. The summed E-state index contributed by atoms with van der Waals surface area (Å²) < 4.78 is 12.7. The molecule has 0 radical (unpaired) electrons. The van der Waals surface area contributed by atoms with E-state index >= 15 is 0 Å². The van der Waals surface area contributed by atoms with Gasteiger partial charge in [0.25, 0.3) is 0 Å². The molecule has 0 saturated heterocycles. The van der Waals surface area contributed by atoms with Gasteiger partial charge in [-0.15, -0.1) is 11.3 Å². The van der Waals surface area contributed by atoms with Crippen molar-refractivity contribution in [1.29, 1.82) is 0 Å². The number of nitrogens with one attached hydrogen (secondary N) is 1. The van der Waals surface area contributed by atoms with E-state index in [9.17, 15) is 4.39 Å². The zero-order chi connectivity index (χ0) is 12.1. The molecule has 0 atom stereocenters. The Labute approximate surface area is 104 Å². The van der Waals surface area contributed by atoms with Gasteiger partial charge in [-0.3, -0.25) is 4.98 Å². The van der Waals surface area contributed by atoms with Crippen LogP contribution < -0.4 is 5.32 Å². The highest BCUT2D eigenvalue weighted by molar-refractivity contribution is 7.09. The summed E-state index contributed by atoms with van der Waals surface area (Å²) in [6, 6.07) is 3.05. The minimum absolute atomic E-state index is 0.325. The number of nitrogens with zero attached hydrogens (tertiary/aromatic N) is 2. The molecule has 3 nitrogen and oxygen atoms in total. The standard InChI is InChI=1S/C12H14FN3S/c1-2-5-14-7-12-16-11(8-17-12)10-4-3-9(13)6-15-10/h3-4,6,8,14H,2,5,7H2,1H3. The minimum atomic E-state index is -0.325. The second-order valence-corrected chi connectivity index (χ2v) is 4.61. The molecule has 0 bridgehead atoms. The van der Waals surface area contributed by atoms with Crippen molar-refractivity contribution in [2.24, 2.45) is 0 Å². The first-order valence-corrected chi connectivity index (χ1v) is 6.44. The van der Waals surface area contributed by atoms with Crippen LogP contribution in [0.25, 0.3) is 11.4 Å². The summed E-state index contributed by atoms with van der Waals surface area (Å²) in [7, 11) is 0. The van der Waals surface area contributed by atoms with Crippen molar-refractivity contribution in [3.63, 3.8) is 0 Å². The molecule has 2 rings (SSSR count). The van der Waals surface area contributed by atoms with Crippen molar-refractivity contribution in [1.82, 2.24) is 15.3 Å². The largest absolute Gasteiger partial charge is 0.310 e. The summed E-state index contributed by atoms with van der Waals surface area (Å²) in [5.74, 6) is -0.325. The molecule has 0 aromatic carbocycles. The predicted octanol–water partition coefficient (Wildman–Crippen LogP) is 2.84. The summed E-state index contributed by atoms with van der Waals surface area (Å²) in [5, 5.41) is 6.27. The lowest BCUT2D eigenvalue weighted by Gasteiger charge is -1.98. The smallest absolute Gasteiger partial charge is 0.141 e. The second kappa shape index (κ2) is 5.84. The molecule has 0 spiro atoms. The van der Waals surface area contributed by atoms with Crippen LogP contribution in [0.1, 0.15) is 18.4 Å². The maximum atomic E-state index is 12.7. The van der Waals surface area contributed by atoms with Crippen LogP contribution in [0.2, 0.25) is 0 Å². The van der Waals surface area contributed by atoms with E-state index in [0.29, 0.717) is 5.69 Å². The zero-order valence-electron chi connectivity index (χ0n) is 9.61. The monoisotopic (exact) mass is 251 g/mol. The van der Waals surface area contributed by atoms with Crippen molar-refractivity contribution >= 4 is 11.3 Å². The molecular formula is C12H14FN3S. The number of thiazole rings is 1. The first-order valence-electron chi connectivity index (χ1n) is 5.56. The maximum absolute atomic E-state index is 12.7. The summed E-state index contributed by atoms with van der Waals surface area (Å²) in [6.07, 6.45) is 2.32. The van der Waals surface area contributed by atoms with Crippen LogP contribution in [0.15, 0.2) is 23.7 Å². The number of pyridine rings is 1. The van der Waals surface area contributed by atoms with E-state index in [-0.39, 0.29) is 5.82 Å². The summed E-state index contributed by atoms with van der Waals surface area (Å²) in [4.78, 5) is 8.46. The SMILES string of the molecule is CCCNCc1nc(-c2ccc(F)cn2)cs1. The lowest BCUT2D eigenvalue weighted by atomic mass is 10.3. The van der Waals surface area contributed by atoms with Crippen molar-refractivity contribution in [3.8, 4) is 11.4 Å². The van der Waals surface area contributed by atoms with Crippen LogP contribution in [-0.4, -0.2) is 16.5 Å². The van der Waals surface area contributed by atoms with E-state index in [1.807, 2.05) is 5.38 Å². The van der Waals surface area contributed by atoms with E-state index in [0.717, 1.165) is 30.2 Å². The van der Waals surface area contributed by atoms with Crippen LogP contribution in [0.4, 0.5) is 4.39 Å². The van der Waals surface area contributed by atoms with Crippen molar-refractivity contribution in [2.45, 2.75) is 19.9 Å². The first kappa shape index (κ1) is 12.1. The molecule has 0 saturated carbocycles. The Morgan fingerprint density at radius 1 is 1.35 bits per heavy atom. The third-order valence-corrected chi connectivity index (χ3v) is 3.09. The average Bonchev–Trinajstić information content (AvgIpc) is 2.79. The Kier molecular flexibility index (Phi) is 4.17. The molecule has 0 aliphatic carbocycles. The molecule has 0 fully saturated rings. The molecule has 0 unspecified atom stereocenters. The van der Waals surface area contributed by atoms with Gasteiger partial charge in [-0.1, -0.05) is 6.92 Å². The quantitative estimate of drug-likeness (QED) is 0.830. The first-order chi connectivity index (χ1) is 8.29. The van der Waals surface area contributed by atoms with Gasteiger partial charge in [-0.2, -0.15) is 0 Å². The molecule has 1 N–H and O–H groups in total. The van der Waals surface area contributed by atoms with Gasteiger partial charge in [0, 0.05) is 11.9 Å². The van der Waals surface area contributed by atoms with E-state index in [1.165, 1.54) is 12.3 Å². The molecule has 90 valence electrons. The molecule has 0 aliphatic rings. The molecule has 2 aromatic rings. The molecular weight excluding hydrogens is 237 g/mol. The Balaban J connectivity index is 2.04. The Hall–Kier alpha value is -1.33. The van der Waals surface area contributed by atoms with Crippen molar-refractivity contribution in [3.05, 3.63) is 34.5 Å². The van der Waals surface area contributed by atoms with Crippen LogP contribution >= 0.6 is 11.3 Å². The minimum Gasteiger partial charge on any atom is -0.310 e. The van der Waals surface area contributed by atoms with E-state index < -0.39 is 0 Å². The average molecular weight is 251 g/mol. The second-order valence-electron chi connectivity index (χ2n) is 3.66. The van der Waals surface area contributed by atoms with Gasteiger partial charge in [0.15, 0.2) is 0 Å². The van der Waals surface area contributed by atoms with Gasteiger partial charge in [-0.25, -0.2) is 9.37 Å². The highest BCUT2D eigenvalue weighted by atomic mass is 32.1. The zero-order valence-corrected chi connectivity index (χ0v) is 10.4. The predicted molar refractivity (Wildman–Crippen MR) is 67.3 cm³/mol. The van der Waals surface area contributed by atoms with Gasteiger partial charge in [0.05, 0.1) is 17.6 Å². The molecule has 2 aromatic heterocycles. The lowest BCUT2D eigenvalue weighted by molar-refractivity contribution is 0.622. The fraction of sp³-hybridized carbons (Fsp3) is 0.333. The van der Waals surface area contributed by atoms with Crippen molar-refractivity contribution in [2.75, 3.05) is 6.54 Å². The fourth-order valence-corrected chi connectivity index (χ4v) is 2.17. The van der Waals surface area contributed by atoms with Gasteiger partial charge >= 0.3 is 0 Å². The molecule has 0 amide bonds. The summed E-state index contributed by atoms with van der Waals surface area (Å²) in [5.41, 5.74) is 1.52. The van der Waals surface area contributed by atoms with Crippen LogP contribution in [0, 0.1) is 5.82 Å². The number of hydrogen-bond donors (Lipinski definition) is 1. The normalized spacial score (nSPS) is 10.7. The third-order valence-electron chi connectivity index (χ3n) is 2.24. The van der Waals surface area contributed by atoms with Gasteiger partial charge < -0.3 is 5.32 Å². The van der Waals surface area contributed by atoms with E-state index in [2.05, 4.69) is 22.2 Å². The number of hydrogen-bond acceptors (Lipinski definition) is 4. The van der Waals surface area contributed by atoms with Gasteiger partial charge in [0.2, 0.25) is 0 Å². The fourth-order valence-electron chi connectivity index (χ4n) is 1.41. The van der Waals surface area contributed by atoms with Crippen LogP contribution in [0.3, 0.4) is 0 Å². The maximum Gasteiger partial charge on any atom is 0.141 e. The lowest BCUT2D eigenvalue weighted by Crippen LogP contribution is -2.13. The Morgan fingerprint density at radius 3 is 2.94 bits per heavy atom. The summed E-state index contributed by atoms with van der Waals surface area (Å²) >= 11 is 1.59. The Morgan fingerprint density at radius 2 is 2.24 bits per heavy atom. The third kappa shape index (κ3) is 3.31. The molecule has 17 heavy (non-hydrogen) atoms. The van der Waals surface area contributed by atoms with Gasteiger partial charge in [0.1, 0.15) is 10.8 Å². The summed E-state index contributed by atoms with van der Waals surface area (Å²) in [6.45, 7) is 3.89. The highest BCUT2D eigenvalue weighted by Crippen LogP contribution is 2.19. The van der Waals surface area contributed by atoms with Crippen LogP contribution in [-0.2, 0) is 6.54 Å². The highest BCUT2D eigenvalue weighted by Gasteiger charge is 2.05. The number of aromatic nitrogens is 2. The van der Waals surface area contributed by atoms with Crippen molar-refractivity contribution < 1.29 is 4.39 Å². The van der Waals surface area contributed by atoms with E-state index in [1.54, 1.807) is 17.4 Å². The molecule has 0 aliphatic heterocycles. The number of rotatable bonds is 5. The van der Waals surface area contributed by atoms with Gasteiger partial charge in [-0.05, 0) is 25.1 Å². The van der Waals surface area contributed by atoms with E-state index in [4.69, 9.17) is 0 Å². The van der Waals surface area contributed by atoms with Crippen LogP contribution in [0.5, 0.6) is 0 Å². The topological polar surface area (TPSA) is 37.8 Å².